The summed E-state index contributed by atoms with van der Waals surface area (Å²) in [6.45, 7) is 0.100. The number of hydrogen-bond donors (Lipinski definition) is 2. The maximum Gasteiger partial charge on any atom is 0.416 e. The molecule has 7 nitrogen and oxygen atoms in total. The summed E-state index contributed by atoms with van der Waals surface area (Å²) in [4.78, 5) is 36.7. The normalized spacial score (nSPS) is 17.8. The molecule has 1 aromatic carbocycles. The summed E-state index contributed by atoms with van der Waals surface area (Å²) in [5.41, 5.74) is -0.437. The number of carbonyl (C=O) groups is 3. The number of imide groups is 1. The summed E-state index contributed by atoms with van der Waals surface area (Å²) >= 11 is 0. The molecular formula is C16H18F3N3O4. The van der Waals surface area contributed by atoms with Crippen LogP contribution < -0.4 is 10.6 Å². The molecule has 1 unspecified atom stereocenters. The van der Waals surface area contributed by atoms with E-state index in [2.05, 4.69) is 10.6 Å². The molecule has 1 saturated heterocycles. The highest BCUT2D eigenvalue weighted by Gasteiger charge is 2.35. The standard InChI is InChI=1S/C16H18F3N3O4/c1-26-7-6-20-13(23)9-22-14(24)8-12(21-15(22)25)10-2-4-11(5-3-10)16(17,18)19/h2-5,12H,6-9H2,1H3,(H,20,23)(H,21,25). The van der Waals surface area contributed by atoms with Gasteiger partial charge >= 0.3 is 12.2 Å². The summed E-state index contributed by atoms with van der Waals surface area (Å²) in [5.74, 6) is -1.10. The van der Waals surface area contributed by atoms with Gasteiger partial charge in [0.1, 0.15) is 6.54 Å². The van der Waals surface area contributed by atoms with E-state index >= 15 is 0 Å². The van der Waals surface area contributed by atoms with Gasteiger partial charge in [0.25, 0.3) is 0 Å². The third-order valence-corrected chi connectivity index (χ3v) is 3.79. The van der Waals surface area contributed by atoms with Crippen LogP contribution in [0, 0.1) is 0 Å². The first-order valence-corrected chi connectivity index (χ1v) is 7.76. The van der Waals surface area contributed by atoms with Crippen molar-refractivity contribution in [3.63, 3.8) is 0 Å². The largest absolute Gasteiger partial charge is 0.416 e. The van der Waals surface area contributed by atoms with E-state index in [1.165, 1.54) is 19.2 Å². The average molecular weight is 373 g/mol. The van der Waals surface area contributed by atoms with E-state index in [1.807, 2.05) is 0 Å². The molecule has 1 aliphatic rings. The molecule has 0 aliphatic carbocycles. The number of nitrogens with zero attached hydrogens (tertiary/aromatic N) is 1. The van der Waals surface area contributed by atoms with Crippen molar-refractivity contribution >= 4 is 17.8 Å². The van der Waals surface area contributed by atoms with E-state index in [0.717, 1.165) is 17.0 Å². The van der Waals surface area contributed by atoms with Crippen LogP contribution in [0.25, 0.3) is 0 Å². The number of carbonyl (C=O) groups excluding carboxylic acids is 3. The van der Waals surface area contributed by atoms with Crippen LogP contribution in [-0.4, -0.2) is 49.6 Å². The van der Waals surface area contributed by atoms with Crippen LogP contribution in [0.5, 0.6) is 0 Å². The van der Waals surface area contributed by atoms with Gasteiger partial charge in [-0.3, -0.25) is 14.5 Å². The van der Waals surface area contributed by atoms with Crippen LogP contribution >= 0.6 is 0 Å². The third-order valence-electron chi connectivity index (χ3n) is 3.79. The molecule has 1 aromatic rings. The Morgan fingerprint density at radius 1 is 1.31 bits per heavy atom. The Kier molecular flexibility index (Phi) is 6.19. The smallest absolute Gasteiger partial charge is 0.383 e. The second-order valence-corrected chi connectivity index (χ2v) is 5.65. The molecule has 26 heavy (non-hydrogen) atoms. The zero-order valence-corrected chi connectivity index (χ0v) is 13.9. The maximum atomic E-state index is 12.6. The molecule has 142 valence electrons. The van der Waals surface area contributed by atoms with Gasteiger partial charge in [-0.25, -0.2) is 4.79 Å². The van der Waals surface area contributed by atoms with Gasteiger partial charge in [-0.15, -0.1) is 0 Å². The van der Waals surface area contributed by atoms with E-state index in [9.17, 15) is 27.6 Å². The molecule has 2 rings (SSSR count). The van der Waals surface area contributed by atoms with Gasteiger partial charge in [-0.2, -0.15) is 13.2 Å². The quantitative estimate of drug-likeness (QED) is 0.739. The van der Waals surface area contributed by atoms with Crippen LogP contribution in [0.4, 0.5) is 18.0 Å². The minimum Gasteiger partial charge on any atom is -0.383 e. The van der Waals surface area contributed by atoms with E-state index in [-0.39, 0.29) is 13.0 Å². The second-order valence-electron chi connectivity index (χ2n) is 5.65. The van der Waals surface area contributed by atoms with Crippen LogP contribution in [0.2, 0.25) is 0 Å². The minimum atomic E-state index is -4.46. The zero-order valence-electron chi connectivity index (χ0n) is 13.9. The Morgan fingerprint density at radius 2 is 1.96 bits per heavy atom. The lowest BCUT2D eigenvalue weighted by molar-refractivity contribution is -0.137. The van der Waals surface area contributed by atoms with Crippen LogP contribution in [0.15, 0.2) is 24.3 Å². The Labute approximate surface area is 147 Å². The van der Waals surface area contributed by atoms with Crippen molar-refractivity contribution in [2.24, 2.45) is 0 Å². The van der Waals surface area contributed by atoms with E-state index in [0.29, 0.717) is 12.2 Å². The molecule has 0 saturated carbocycles. The van der Waals surface area contributed by atoms with Gasteiger partial charge in [0.15, 0.2) is 0 Å². The van der Waals surface area contributed by atoms with Crippen LogP contribution in [-0.2, 0) is 20.5 Å². The highest BCUT2D eigenvalue weighted by atomic mass is 19.4. The molecule has 2 N–H and O–H groups in total. The predicted octanol–water partition coefficient (Wildman–Crippen LogP) is 1.45. The molecule has 0 radical (unpaired) electrons. The lowest BCUT2D eigenvalue weighted by Crippen LogP contribution is -2.54. The van der Waals surface area contributed by atoms with Crippen LogP contribution in [0.1, 0.15) is 23.6 Å². The lowest BCUT2D eigenvalue weighted by Gasteiger charge is -2.31. The monoisotopic (exact) mass is 373 g/mol. The van der Waals surface area contributed by atoms with E-state index < -0.39 is 42.2 Å². The van der Waals surface area contributed by atoms with Crippen molar-refractivity contribution in [3.8, 4) is 0 Å². The summed E-state index contributed by atoms with van der Waals surface area (Å²) in [6, 6.07) is 2.70. The second kappa shape index (κ2) is 8.17. The van der Waals surface area contributed by atoms with Crippen molar-refractivity contribution in [2.45, 2.75) is 18.6 Å². The Balaban J connectivity index is 1.98. The van der Waals surface area contributed by atoms with Gasteiger partial charge < -0.3 is 15.4 Å². The van der Waals surface area contributed by atoms with Gasteiger partial charge in [-0.05, 0) is 17.7 Å². The van der Waals surface area contributed by atoms with Gasteiger partial charge in [-0.1, -0.05) is 12.1 Å². The van der Waals surface area contributed by atoms with Gasteiger partial charge in [0.05, 0.1) is 24.6 Å². The number of nitrogens with one attached hydrogen (secondary N) is 2. The first-order chi connectivity index (χ1) is 12.2. The third kappa shape index (κ3) is 4.94. The molecule has 1 atom stereocenters. The summed E-state index contributed by atoms with van der Waals surface area (Å²) in [5, 5.41) is 5.02. The molecule has 1 heterocycles. The van der Waals surface area contributed by atoms with Crippen molar-refractivity contribution in [2.75, 3.05) is 26.8 Å². The molecule has 4 amide bonds. The maximum absolute atomic E-state index is 12.6. The van der Waals surface area contributed by atoms with Crippen molar-refractivity contribution in [3.05, 3.63) is 35.4 Å². The molecule has 0 spiro atoms. The average Bonchev–Trinajstić information content (AvgIpc) is 2.57. The number of benzene rings is 1. The molecule has 1 fully saturated rings. The predicted molar refractivity (Wildman–Crippen MR) is 83.9 cm³/mol. The molecule has 1 aliphatic heterocycles. The fourth-order valence-electron chi connectivity index (χ4n) is 2.43. The summed E-state index contributed by atoms with van der Waals surface area (Å²) < 4.78 is 42.6. The highest BCUT2D eigenvalue weighted by Crippen LogP contribution is 2.31. The van der Waals surface area contributed by atoms with Crippen molar-refractivity contribution in [1.82, 2.24) is 15.5 Å². The lowest BCUT2D eigenvalue weighted by atomic mass is 10.00. The number of urea groups is 1. The number of methoxy groups -OCH3 is 1. The highest BCUT2D eigenvalue weighted by molar-refractivity contribution is 6.00. The Bertz CT molecular complexity index is 658. The fraction of sp³-hybridized carbons (Fsp3) is 0.438. The minimum absolute atomic E-state index is 0.150. The number of hydrogen-bond acceptors (Lipinski definition) is 4. The molecule has 0 aromatic heterocycles. The first-order valence-electron chi connectivity index (χ1n) is 7.76. The molecule has 10 heteroatoms. The molecule has 0 bridgehead atoms. The van der Waals surface area contributed by atoms with Gasteiger partial charge in [0.2, 0.25) is 11.8 Å². The number of rotatable bonds is 6. The molecular weight excluding hydrogens is 355 g/mol. The Morgan fingerprint density at radius 3 is 2.50 bits per heavy atom. The van der Waals surface area contributed by atoms with E-state index in [4.69, 9.17) is 4.74 Å². The van der Waals surface area contributed by atoms with E-state index in [1.54, 1.807) is 0 Å². The van der Waals surface area contributed by atoms with Crippen molar-refractivity contribution < 1.29 is 32.3 Å². The topological polar surface area (TPSA) is 87.7 Å². The number of halogens is 3. The van der Waals surface area contributed by atoms with Gasteiger partial charge in [0, 0.05) is 13.7 Å². The Hall–Kier alpha value is -2.62. The summed E-state index contributed by atoms with van der Waals surface area (Å²) in [7, 11) is 1.47. The van der Waals surface area contributed by atoms with Crippen molar-refractivity contribution in [1.29, 1.82) is 0 Å². The first kappa shape index (κ1) is 19.7. The number of ether oxygens (including phenoxy) is 1. The number of amides is 4. The zero-order chi connectivity index (χ0) is 19.3. The fourth-order valence-corrected chi connectivity index (χ4v) is 2.43. The summed E-state index contributed by atoms with van der Waals surface area (Å²) in [6.07, 6.45) is -4.61. The van der Waals surface area contributed by atoms with Crippen LogP contribution in [0.3, 0.4) is 0 Å². The SMILES string of the molecule is COCCNC(=O)CN1C(=O)CC(c2ccc(C(F)(F)F)cc2)NC1=O. The number of alkyl halides is 3.